The van der Waals surface area contributed by atoms with Gasteiger partial charge in [-0.15, -0.1) is 0 Å². The van der Waals surface area contributed by atoms with Crippen LogP contribution in [0.3, 0.4) is 0 Å². The van der Waals surface area contributed by atoms with Crippen LogP contribution in [0.2, 0.25) is 0 Å². The first kappa shape index (κ1) is 15.7. The van der Waals surface area contributed by atoms with Gasteiger partial charge in [0.1, 0.15) is 11.6 Å². The number of carbonyl (C=O) groups is 1. The Morgan fingerprint density at radius 1 is 1.39 bits per heavy atom. The standard InChI is InChI=1S/C16H24N6O/c1-4-6-13-19-14-12(9-18-21(14)3)15(20-13)22-8-7-11(10-22)16(23)17-5-2/h9,11H,4-8,10H2,1-3H3,(H,17,23)/t11-/m1/s1. The Bertz CT molecular complexity index is 710. The van der Waals surface area contributed by atoms with E-state index >= 15 is 0 Å². The van der Waals surface area contributed by atoms with Crippen molar-refractivity contribution in [1.82, 2.24) is 25.1 Å². The maximum absolute atomic E-state index is 12.1. The zero-order valence-electron chi connectivity index (χ0n) is 14.0. The van der Waals surface area contributed by atoms with Crippen molar-refractivity contribution in [1.29, 1.82) is 0 Å². The van der Waals surface area contributed by atoms with Crippen LogP contribution in [0, 0.1) is 5.92 Å². The Balaban J connectivity index is 1.91. The van der Waals surface area contributed by atoms with Crippen molar-refractivity contribution in [2.45, 2.75) is 33.1 Å². The number of nitrogens with zero attached hydrogens (tertiary/aromatic N) is 5. The molecule has 0 aromatic carbocycles. The number of anilines is 1. The molecule has 0 aliphatic carbocycles. The number of fused-ring (bicyclic) bond motifs is 1. The van der Waals surface area contributed by atoms with E-state index in [0.29, 0.717) is 13.1 Å². The second kappa shape index (κ2) is 6.52. The van der Waals surface area contributed by atoms with Gasteiger partial charge in [0, 0.05) is 33.1 Å². The highest BCUT2D eigenvalue weighted by atomic mass is 16.1. The van der Waals surface area contributed by atoms with Crippen LogP contribution in [0.5, 0.6) is 0 Å². The normalized spacial score (nSPS) is 17.9. The van der Waals surface area contributed by atoms with Crippen LogP contribution < -0.4 is 10.2 Å². The molecule has 0 bridgehead atoms. The van der Waals surface area contributed by atoms with E-state index in [1.165, 1.54) is 0 Å². The molecule has 3 heterocycles. The van der Waals surface area contributed by atoms with Crippen LogP contribution in [-0.2, 0) is 18.3 Å². The summed E-state index contributed by atoms with van der Waals surface area (Å²) in [5.41, 5.74) is 0.861. The molecule has 0 spiro atoms. The number of hydrogen-bond donors (Lipinski definition) is 1. The van der Waals surface area contributed by atoms with E-state index in [4.69, 9.17) is 4.98 Å². The zero-order chi connectivity index (χ0) is 16.4. The Kier molecular flexibility index (Phi) is 4.45. The maximum Gasteiger partial charge on any atom is 0.224 e. The quantitative estimate of drug-likeness (QED) is 0.899. The second-order valence-electron chi connectivity index (χ2n) is 6.05. The van der Waals surface area contributed by atoms with Crippen molar-refractivity contribution in [3.05, 3.63) is 12.0 Å². The smallest absolute Gasteiger partial charge is 0.224 e. The molecule has 0 radical (unpaired) electrons. The van der Waals surface area contributed by atoms with Gasteiger partial charge in [-0.3, -0.25) is 9.48 Å². The average Bonchev–Trinajstić information content (AvgIpc) is 3.15. The molecule has 1 saturated heterocycles. The van der Waals surface area contributed by atoms with E-state index in [1.54, 1.807) is 4.68 Å². The van der Waals surface area contributed by atoms with Gasteiger partial charge in [0.2, 0.25) is 5.91 Å². The van der Waals surface area contributed by atoms with E-state index in [-0.39, 0.29) is 11.8 Å². The SMILES string of the molecule is CCCc1nc(N2CC[C@@H](C(=O)NCC)C2)c2cnn(C)c2n1. The van der Waals surface area contributed by atoms with Crippen LogP contribution >= 0.6 is 0 Å². The van der Waals surface area contributed by atoms with Gasteiger partial charge < -0.3 is 10.2 Å². The first-order valence-corrected chi connectivity index (χ1v) is 8.35. The zero-order valence-corrected chi connectivity index (χ0v) is 14.0. The van der Waals surface area contributed by atoms with Crippen LogP contribution in [0.4, 0.5) is 5.82 Å². The first-order chi connectivity index (χ1) is 11.1. The summed E-state index contributed by atoms with van der Waals surface area (Å²) in [6.45, 7) is 6.30. The molecule has 3 rings (SSSR count). The minimum absolute atomic E-state index is 0.0336. The molecule has 7 nitrogen and oxygen atoms in total. The lowest BCUT2D eigenvalue weighted by Gasteiger charge is -2.19. The van der Waals surface area contributed by atoms with E-state index in [2.05, 4.69) is 27.2 Å². The number of aryl methyl sites for hydroxylation is 2. The van der Waals surface area contributed by atoms with Crippen molar-refractivity contribution >= 4 is 22.8 Å². The highest BCUT2D eigenvalue weighted by Crippen LogP contribution is 2.28. The summed E-state index contributed by atoms with van der Waals surface area (Å²) in [6, 6.07) is 0. The lowest BCUT2D eigenvalue weighted by Crippen LogP contribution is -2.32. The van der Waals surface area contributed by atoms with Gasteiger partial charge in [-0.25, -0.2) is 9.97 Å². The first-order valence-electron chi connectivity index (χ1n) is 8.35. The third-order valence-electron chi connectivity index (χ3n) is 4.30. The van der Waals surface area contributed by atoms with Crippen molar-refractivity contribution in [2.75, 3.05) is 24.5 Å². The Labute approximate surface area is 136 Å². The summed E-state index contributed by atoms with van der Waals surface area (Å²) in [6.07, 6.45) is 4.53. The van der Waals surface area contributed by atoms with Crippen molar-refractivity contribution < 1.29 is 4.79 Å². The maximum atomic E-state index is 12.1. The predicted octanol–water partition coefficient (Wildman–Crippen LogP) is 1.28. The van der Waals surface area contributed by atoms with Crippen LogP contribution in [0.1, 0.15) is 32.5 Å². The summed E-state index contributed by atoms with van der Waals surface area (Å²) < 4.78 is 1.79. The molecule has 1 fully saturated rings. The van der Waals surface area contributed by atoms with E-state index in [1.807, 2.05) is 20.2 Å². The Morgan fingerprint density at radius 3 is 2.96 bits per heavy atom. The largest absolute Gasteiger partial charge is 0.356 e. The van der Waals surface area contributed by atoms with Crippen molar-refractivity contribution in [3.8, 4) is 0 Å². The molecule has 0 unspecified atom stereocenters. The third kappa shape index (κ3) is 3.00. The fourth-order valence-electron chi connectivity index (χ4n) is 3.11. The van der Waals surface area contributed by atoms with Crippen LogP contribution in [0.25, 0.3) is 11.0 Å². The van der Waals surface area contributed by atoms with Gasteiger partial charge in [-0.05, 0) is 19.8 Å². The molecule has 1 aliphatic rings. The summed E-state index contributed by atoms with van der Waals surface area (Å²) in [5, 5.41) is 8.20. The Morgan fingerprint density at radius 2 is 2.22 bits per heavy atom. The summed E-state index contributed by atoms with van der Waals surface area (Å²) in [7, 11) is 1.90. The number of aromatic nitrogens is 4. The van der Waals surface area contributed by atoms with E-state index in [9.17, 15) is 4.79 Å². The minimum atomic E-state index is 0.0336. The van der Waals surface area contributed by atoms with Gasteiger partial charge in [-0.1, -0.05) is 6.92 Å². The van der Waals surface area contributed by atoms with Gasteiger partial charge >= 0.3 is 0 Å². The molecule has 2 aromatic rings. The number of nitrogens with one attached hydrogen (secondary N) is 1. The fraction of sp³-hybridized carbons (Fsp3) is 0.625. The molecular formula is C16H24N6O. The molecule has 1 amide bonds. The summed E-state index contributed by atoms with van der Waals surface area (Å²) >= 11 is 0. The lowest BCUT2D eigenvalue weighted by molar-refractivity contribution is -0.124. The van der Waals surface area contributed by atoms with E-state index < -0.39 is 0 Å². The lowest BCUT2D eigenvalue weighted by atomic mass is 10.1. The molecule has 2 aromatic heterocycles. The van der Waals surface area contributed by atoms with Crippen molar-refractivity contribution in [3.63, 3.8) is 0 Å². The van der Waals surface area contributed by atoms with Crippen LogP contribution in [0.15, 0.2) is 6.20 Å². The minimum Gasteiger partial charge on any atom is -0.356 e. The molecule has 1 aliphatic heterocycles. The number of hydrogen-bond acceptors (Lipinski definition) is 5. The summed E-state index contributed by atoms with van der Waals surface area (Å²) in [5.74, 6) is 1.94. The third-order valence-corrected chi connectivity index (χ3v) is 4.30. The molecule has 1 N–H and O–H groups in total. The highest BCUT2D eigenvalue weighted by molar-refractivity contribution is 5.88. The average molecular weight is 316 g/mol. The molecular weight excluding hydrogens is 292 g/mol. The van der Waals surface area contributed by atoms with Crippen LogP contribution in [-0.4, -0.2) is 45.3 Å². The molecule has 124 valence electrons. The van der Waals surface area contributed by atoms with Gasteiger partial charge in [0.25, 0.3) is 0 Å². The number of rotatable bonds is 5. The van der Waals surface area contributed by atoms with Crippen molar-refractivity contribution in [2.24, 2.45) is 13.0 Å². The summed E-state index contributed by atoms with van der Waals surface area (Å²) in [4.78, 5) is 23.7. The molecule has 23 heavy (non-hydrogen) atoms. The van der Waals surface area contributed by atoms with Gasteiger partial charge in [-0.2, -0.15) is 5.10 Å². The second-order valence-corrected chi connectivity index (χ2v) is 6.05. The molecule has 0 saturated carbocycles. The Hall–Kier alpha value is -2.18. The molecule has 7 heteroatoms. The van der Waals surface area contributed by atoms with Gasteiger partial charge in [0.15, 0.2) is 5.65 Å². The number of carbonyl (C=O) groups excluding carboxylic acids is 1. The number of amides is 1. The monoisotopic (exact) mass is 316 g/mol. The predicted molar refractivity (Wildman–Crippen MR) is 89.3 cm³/mol. The molecule has 1 atom stereocenters. The topological polar surface area (TPSA) is 75.9 Å². The fourth-order valence-corrected chi connectivity index (χ4v) is 3.11. The van der Waals surface area contributed by atoms with E-state index in [0.717, 1.165) is 48.5 Å². The van der Waals surface area contributed by atoms with Gasteiger partial charge in [0.05, 0.1) is 17.5 Å². The highest BCUT2D eigenvalue weighted by Gasteiger charge is 2.30.